The van der Waals surface area contributed by atoms with Crippen LogP contribution in [0.3, 0.4) is 0 Å². The summed E-state index contributed by atoms with van der Waals surface area (Å²) in [4.78, 5) is 12.4. The molecule has 6 heterocycles. The fourth-order valence-corrected chi connectivity index (χ4v) is 2.87. The van der Waals surface area contributed by atoms with Gasteiger partial charge in [0.05, 0.1) is 17.7 Å². The predicted octanol–water partition coefficient (Wildman–Crippen LogP) is 7.53. The minimum absolute atomic E-state index is 0. The van der Waals surface area contributed by atoms with Gasteiger partial charge < -0.3 is 34.0 Å². The number of pyridine rings is 3. The zero-order chi connectivity index (χ0) is 33.8. The SMILES string of the molecule is CC.CC.CC.[CH2-]c1cccc(-c2nnc([CH2-])o2)n1.[CH2-]c1cccc(-c2nnc([CH2-])o2)n1.[CH2-]c1cccc(-c2nnc([CH2-])o2)n1.[Y].[Y].[Y].[Y].[Y].[Y].[Y].[Y].[Y].[Y].[Y].[Y].[Y].[Y].[Y]. The summed E-state index contributed by atoms with van der Waals surface area (Å²) in [5.41, 5.74) is 3.86. The van der Waals surface area contributed by atoms with Crippen LogP contribution in [0.5, 0.6) is 0 Å². The van der Waals surface area contributed by atoms with E-state index in [9.17, 15) is 0 Å². The molecule has 0 spiro atoms. The molecule has 0 aliphatic carbocycles. The Balaban J connectivity index is -0.0000000327. The summed E-state index contributed by atoms with van der Waals surface area (Å²) in [6.07, 6.45) is 0. The molecule has 0 saturated carbocycles. The van der Waals surface area contributed by atoms with Gasteiger partial charge in [0.2, 0.25) is 0 Å². The van der Waals surface area contributed by atoms with Crippen LogP contribution in [0, 0.1) is 41.5 Å². The Morgan fingerprint density at radius 2 is 0.483 bits per heavy atom. The fourth-order valence-electron chi connectivity index (χ4n) is 2.87. The van der Waals surface area contributed by atoms with E-state index in [0.717, 1.165) is 0 Å². The molecule has 60 heavy (non-hydrogen) atoms. The van der Waals surface area contributed by atoms with Crippen LogP contribution in [0.2, 0.25) is 0 Å². The van der Waals surface area contributed by atoms with Crippen LogP contribution >= 0.6 is 0 Å². The Bertz CT molecular complexity index is 1510. The van der Waals surface area contributed by atoms with Crippen LogP contribution in [0.1, 0.15) is 76.3 Å². The van der Waals surface area contributed by atoms with Crippen LogP contribution in [0.4, 0.5) is 0 Å². The molecule has 0 saturated heterocycles. The molecule has 0 amide bonds. The average Bonchev–Trinajstić information content (AvgIpc) is 3.82. The van der Waals surface area contributed by atoms with E-state index >= 15 is 0 Å². The molecule has 0 bridgehead atoms. The molecular weight excluding hydrogens is 1900 g/mol. The van der Waals surface area contributed by atoms with Crippen molar-refractivity contribution < 1.29 is 504 Å². The molecule has 6 aromatic rings. The topological polar surface area (TPSA) is 155 Å². The van der Waals surface area contributed by atoms with Crippen molar-refractivity contribution in [2.45, 2.75) is 41.5 Å². The summed E-state index contributed by atoms with van der Waals surface area (Å²) in [5, 5.41) is 22.2. The maximum Gasteiger partial charge on any atom is 0.263 e. The minimum Gasteiger partial charge on any atom is -0.452 e. The minimum atomic E-state index is 0. The number of hydrogen-bond donors (Lipinski definition) is 0. The third-order valence-electron chi connectivity index (χ3n) is 4.48. The molecule has 0 fully saturated rings. The Kier molecular flexibility index (Phi) is 132. The molecule has 0 aliphatic heterocycles. The van der Waals surface area contributed by atoms with E-state index < -0.39 is 0 Å². The van der Waals surface area contributed by atoms with E-state index in [0.29, 0.717) is 51.8 Å². The standard InChI is InChI=1S/3C9H7N3O.3C2H6.15Y/c3*1-6-4-3-5-8(10-6)9-12-11-7(2)13-9;3*1-2;;;;;;;;;;;;;;;/h3*3-5H,1-2H2;3*1-2H3;;;;;;;;;;;;;;;/q3*-2;;;;;;;;;;;;;;;;;;. The Morgan fingerprint density at radius 1 is 0.300 bits per heavy atom. The number of rotatable bonds is 3. The summed E-state index contributed by atoms with van der Waals surface area (Å²) in [6, 6.07) is 16.2. The van der Waals surface area contributed by atoms with E-state index in [1.807, 2.05) is 59.7 Å². The van der Waals surface area contributed by atoms with Gasteiger partial charge in [0, 0.05) is 491 Å². The summed E-state index contributed by atoms with van der Waals surface area (Å²) in [5.74, 6) is 1.96. The normalized spacial score (nSPS) is 6.90. The Hall–Kier alpha value is 10.6. The van der Waals surface area contributed by atoms with Crippen molar-refractivity contribution in [3.05, 3.63) is 131 Å². The van der Waals surface area contributed by atoms with Gasteiger partial charge in [-0.3, -0.25) is 15.0 Å². The van der Waals surface area contributed by atoms with Gasteiger partial charge in [-0.2, -0.15) is 18.2 Å². The van der Waals surface area contributed by atoms with Gasteiger partial charge in [-0.05, 0) is 18.2 Å². The smallest absolute Gasteiger partial charge is 0.263 e. The Labute approximate surface area is 736 Å². The van der Waals surface area contributed by atoms with Crippen molar-refractivity contribution in [2.24, 2.45) is 0 Å². The van der Waals surface area contributed by atoms with Crippen molar-refractivity contribution in [3.63, 3.8) is 0 Å². The molecular formula is C33H39N9O3Y15-6. The maximum atomic E-state index is 5.10. The summed E-state index contributed by atoms with van der Waals surface area (Å²) < 4.78 is 15.3. The first-order valence-corrected chi connectivity index (χ1v) is 14.1. The first-order valence-electron chi connectivity index (χ1n) is 14.1. The molecule has 0 aromatic carbocycles. The Morgan fingerprint density at radius 3 is 0.617 bits per heavy atom. The van der Waals surface area contributed by atoms with E-state index in [1.54, 1.807) is 36.4 Å². The maximum absolute atomic E-state index is 5.10. The van der Waals surface area contributed by atoms with Crippen molar-refractivity contribution in [1.29, 1.82) is 0 Å². The van der Waals surface area contributed by atoms with E-state index in [4.69, 9.17) is 13.3 Å². The second-order valence-corrected chi connectivity index (χ2v) is 7.55. The summed E-state index contributed by atoms with van der Waals surface area (Å²) in [6.45, 7) is 33.6. The summed E-state index contributed by atoms with van der Waals surface area (Å²) in [7, 11) is 0. The van der Waals surface area contributed by atoms with Gasteiger partial charge in [-0.15, -0.1) is 65.9 Å². The van der Waals surface area contributed by atoms with Crippen LogP contribution in [-0.2, 0) is 491 Å². The predicted molar refractivity (Wildman–Crippen MR) is 173 cm³/mol. The molecule has 6 rings (SSSR count). The van der Waals surface area contributed by atoms with Gasteiger partial charge in [0.1, 0.15) is 17.1 Å². The molecule has 27 heteroatoms. The van der Waals surface area contributed by atoms with E-state index in [1.165, 1.54) is 0 Å². The van der Waals surface area contributed by atoms with Gasteiger partial charge in [-0.1, -0.05) is 41.5 Å². The van der Waals surface area contributed by atoms with E-state index in [2.05, 4.69) is 87.1 Å². The van der Waals surface area contributed by atoms with Crippen LogP contribution in [0.15, 0.2) is 67.8 Å². The largest absolute Gasteiger partial charge is 0.452 e. The van der Waals surface area contributed by atoms with Crippen molar-refractivity contribution in [3.8, 4) is 34.8 Å². The van der Waals surface area contributed by atoms with Crippen molar-refractivity contribution in [2.75, 3.05) is 0 Å². The monoisotopic (exact) mass is 1940 g/mol. The first kappa shape index (κ1) is 111. The number of nitrogens with zero attached hydrogens (tertiary/aromatic N) is 9. The van der Waals surface area contributed by atoms with Crippen molar-refractivity contribution >= 4 is 0 Å². The molecule has 285 valence electrons. The van der Waals surface area contributed by atoms with Crippen LogP contribution in [0.25, 0.3) is 34.8 Å². The summed E-state index contributed by atoms with van der Waals surface area (Å²) >= 11 is 0. The van der Waals surface area contributed by atoms with Gasteiger partial charge in [0.25, 0.3) is 17.7 Å². The zero-order valence-corrected chi connectivity index (χ0v) is 77.9. The molecule has 6 aromatic heterocycles. The second kappa shape index (κ2) is 71.7. The third-order valence-corrected chi connectivity index (χ3v) is 4.48. The number of aromatic nitrogens is 9. The average molecular weight is 1940 g/mol. The molecule has 0 atom stereocenters. The van der Waals surface area contributed by atoms with Crippen molar-refractivity contribution in [1.82, 2.24) is 45.5 Å². The van der Waals surface area contributed by atoms with Crippen LogP contribution in [-0.4, -0.2) is 45.5 Å². The third kappa shape index (κ3) is 49.5. The molecule has 0 aliphatic rings. The molecule has 12 nitrogen and oxygen atoms in total. The van der Waals surface area contributed by atoms with Gasteiger partial charge in [0.15, 0.2) is 0 Å². The van der Waals surface area contributed by atoms with E-state index in [-0.39, 0.29) is 508 Å². The van der Waals surface area contributed by atoms with Gasteiger partial charge >= 0.3 is 0 Å². The number of hydrogen-bond acceptors (Lipinski definition) is 12. The molecule has 0 N–H and O–H groups in total. The fraction of sp³-hybridized carbons (Fsp3) is 0.182. The van der Waals surface area contributed by atoms with Crippen LogP contribution < -0.4 is 0 Å². The van der Waals surface area contributed by atoms with Gasteiger partial charge in [-0.25, -0.2) is 20.8 Å². The molecule has 15 radical (unpaired) electrons. The second-order valence-electron chi connectivity index (χ2n) is 7.55. The first-order chi connectivity index (χ1) is 21.8. The zero-order valence-electron chi connectivity index (χ0n) is 35.3. The molecule has 0 unspecified atom stereocenters. The quantitative estimate of drug-likeness (QED) is 0.161.